The van der Waals surface area contributed by atoms with E-state index in [-0.39, 0.29) is 0 Å². The van der Waals surface area contributed by atoms with Crippen molar-refractivity contribution < 1.29 is 4.79 Å². The maximum absolute atomic E-state index is 12.3. The van der Waals surface area contributed by atoms with Gasteiger partial charge in [0.2, 0.25) is 0 Å². The van der Waals surface area contributed by atoms with Crippen LogP contribution in [0.15, 0.2) is 79.0 Å². The number of benzene rings is 1. The summed E-state index contributed by atoms with van der Waals surface area (Å²) < 4.78 is 3.84. The van der Waals surface area contributed by atoms with E-state index in [9.17, 15) is 4.79 Å². The average molecular weight is 397 g/mol. The van der Waals surface area contributed by atoms with E-state index in [1.54, 1.807) is 12.5 Å². The summed E-state index contributed by atoms with van der Waals surface area (Å²) in [4.78, 5) is 18.7. The number of allylic oxidation sites excluding steroid dienone is 2. The topological polar surface area (TPSA) is 94.3 Å². The van der Waals surface area contributed by atoms with E-state index in [4.69, 9.17) is 5.73 Å². The Hall–Kier alpha value is -4.20. The molecule has 0 radical (unpaired) electrons. The van der Waals surface area contributed by atoms with Gasteiger partial charge in [0.05, 0.1) is 11.9 Å². The van der Waals surface area contributed by atoms with Crippen molar-refractivity contribution in [3.63, 3.8) is 0 Å². The second-order valence-corrected chi connectivity index (χ2v) is 7.05. The van der Waals surface area contributed by atoms with Crippen molar-refractivity contribution in [1.29, 1.82) is 0 Å². The number of carbonyl (C=O) groups excluding carboxylic acids is 1. The molecular weight excluding hydrogens is 378 g/mol. The lowest BCUT2D eigenvalue weighted by atomic mass is 10.0. The van der Waals surface area contributed by atoms with Crippen LogP contribution in [-0.2, 0) is 11.8 Å². The first-order chi connectivity index (χ1) is 14.6. The van der Waals surface area contributed by atoms with Crippen molar-refractivity contribution in [2.75, 3.05) is 11.4 Å². The zero-order valence-electron chi connectivity index (χ0n) is 16.3. The van der Waals surface area contributed by atoms with Gasteiger partial charge in [-0.05, 0) is 30.3 Å². The molecule has 1 aliphatic rings. The summed E-state index contributed by atoms with van der Waals surface area (Å²) in [5, 5.41) is 8.11. The number of carbonyl (C=O) groups is 1. The number of primary amides is 1. The molecule has 0 fully saturated rings. The molecule has 5 rings (SSSR count). The van der Waals surface area contributed by atoms with E-state index >= 15 is 0 Å². The van der Waals surface area contributed by atoms with Gasteiger partial charge in [0.25, 0.3) is 5.91 Å². The molecule has 3 aromatic heterocycles. The number of hydrogen-bond donors (Lipinski definition) is 1. The number of amides is 1. The van der Waals surface area contributed by atoms with E-state index in [2.05, 4.69) is 21.3 Å². The van der Waals surface area contributed by atoms with E-state index in [1.165, 1.54) is 0 Å². The lowest BCUT2D eigenvalue weighted by Gasteiger charge is -2.28. The Morgan fingerprint density at radius 3 is 2.87 bits per heavy atom. The summed E-state index contributed by atoms with van der Waals surface area (Å²) in [6, 6.07) is 13.7. The van der Waals surface area contributed by atoms with Crippen LogP contribution in [0, 0.1) is 0 Å². The predicted molar refractivity (Wildman–Crippen MR) is 114 cm³/mol. The van der Waals surface area contributed by atoms with Crippen LogP contribution in [0.1, 0.15) is 5.69 Å². The third-order valence-electron chi connectivity index (χ3n) is 5.17. The molecule has 8 nitrogen and oxygen atoms in total. The first-order valence-corrected chi connectivity index (χ1v) is 9.48. The Balaban J connectivity index is 1.54. The van der Waals surface area contributed by atoms with Crippen LogP contribution in [0.5, 0.6) is 0 Å². The highest BCUT2D eigenvalue weighted by Crippen LogP contribution is 2.30. The number of aryl methyl sites for hydroxylation is 1. The van der Waals surface area contributed by atoms with Gasteiger partial charge >= 0.3 is 0 Å². The van der Waals surface area contributed by atoms with Crippen molar-refractivity contribution in [2.45, 2.75) is 0 Å². The minimum atomic E-state index is -0.488. The molecule has 1 aliphatic heterocycles. The average Bonchev–Trinajstić information content (AvgIpc) is 3.39. The van der Waals surface area contributed by atoms with Crippen molar-refractivity contribution in [3.8, 4) is 11.4 Å². The zero-order valence-corrected chi connectivity index (χ0v) is 16.3. The van der Waals surface area contributed by atoms with E-state index in [1.807, 2.05) is 75.7 Å². The Morgan fingerprint density at radius 1 is 1.17 bits per heavy atom. The van der Waals surface area contributed by atoms with Crippen molar-refractivity contribution >= 4 is 22.8 Å². The minimum absolute atomic E-state index is 0.425. The molecule has 0 aliphatic carbocycles. The number of fused-ring (bicyclic) bond motifs is 1. The Labute approximate surface area is 172 Å². The van der Waals surface area contributed by atoms with Gasteiger partial charge in [0.1, 0.15) is 17.7 Å². The molecule has 4 aromatic rings. The maximum atomic E-state index is 12.3. The Kier molecular flexibility index (Phi) is 4.17. The smallest absolute Gasteiger partial charge is 0.265 e. The van der Waals surface area contributed by atoms with Crippen LogP contribution < -0.4 is 10.6 Å². The number of anilines is 1. The highest BCUT2D eigenvalue weighted by atomic mass is 16.1. The Morgan fingerprint density at radius 2 is 2.07 bits per heavy atom. The number of pyridine rings is 1. The fraction of sp³-hybridized carbons (Fsp3) is 0.0909. The van der Waals surface area contributed by atoms with E-state index < -0.39 is 5.91 Å². The summed E-state index contributed by atoms with van der Waals surface area (Å²) >= 11 is 0. The standard InChI is InChI=1S/C22H19N7O/c1-27-14-25-26-22(27)16-5-4-6-17(11-16)28-10-8-15(12-18(28)21(23)30)19-13-24-20-7-2-3-9-29(19)20/h2-9,11-14H,10H2,1H3,(H2,23,30). The van der Waals surface area contributed by atoms with Crippen LogP contribution in [-0.4, -0.2) is 36.6 Å². The van der Waals surface area contributed by atoms with Crippen molar-refractivity contribution in [2.24, 2.45) is 12.8 Å². The lowest BCUT2D eigenvalue weighted by molar-refractivity contribution is -0.114. The third-order valence-corrected chi connectivity index (χ3v) is 5.17. The Bertz CT molecular complexity index is 1330. The van der Waals surface area contributed by atoms with Crippen molar-refractivity contribution in [3.05, 3.63) is 84.7 Å². The number of imidazole rings is 1. The number of nitrogens with two attached hydrogens (primary N) is 1. The molecule has 1 amide bonds. The van der Waals surface area contributed by atoms with Gasteiger partial charge in [0, 0.05) is 36.6 Å². The fourth-order valence-corrected chi connectivity index (χ4v) is 3.70. The summed E-state index contributed by atoms with van der Waals surface area (Å²) in [7, 11) is 1.89. The number of nitrogens with zero attached hydrogens (tertiary/aromatic N) is 6. The van der Waals surface area contributed by atoms with Gasteiger partial charge in [-0.1, -0.05) is 24.3 Å². The van der Waals surface area contributed by atoms with Crippen LogP contribution >= 0.6 is 0 Å². The molecule has 0 atom stereocenters. The molecule has 0 saturated carbocycles. The van der Waals surface area contributed by atoms with Crippen LogP contribution in [0.2, 0.25) is 0 Å². The molecule has 30 heavy (non-hydrogen) atoms. The number of rotatable bonds is 4. The molecule has 0 saturated heterocycles. The monoisotopic (exact) mass is 397 g/mol. The molecule has 0 spiro atoms. The first-order valence-electron chi connectivity index (χ1n) is 9.48. The number of aromatic nitrogens is 5. The minimum Gasteiger partial charge on any atom is -0.364 e. The van der Waals surface area contributed by atoms with Crippen molar-refractivity contribution in [1.82, 2.24) is 24.1 Å². The molecule has 8 heteroatoms. The summed E-state index contributed by atoms with van der Waals surface area (Å²) in [5.41, 5.74) is 10.6. The molecule has 0 bridgehead atoms. The van der Waals surface area contributed by atoms with Gasteiger partial charge in [-0.3, -0.25) is 9.20 Å². The van der Waals surface area contributed by atoms with Gasteiger partial charge in [-0.15, -0.1) is 10.2 Å². The quantitative estimate of drug-likeness (QED) is 0.571. The third kappa shape index (κ3) is 2.95. The van der Waals surface area contributed by atoms with Gasteiger partial charge in [0.15, 0.2) is 5.82 Å². The lowest BCUT2D eigenvalue weighted by Crippen LogP contribution is -2.33. The largest absolute Gasteiger partial charge is 0.364 e. The normalized spacial score (nSPS) is 14.0. The molecule has 2 N–H and O–H groups in total. The summed E-state index contributed by atoms with van der Waals surface area (Å²) in [6.07, 6.45) is 9.30. The SMILES string of the molecule is Cn1cnnc1-c1cccc(N2CC=C(c3cnc4ccccn34)C=C2C(N)=O)c1. The van der Waals surface area contributed by atoms with E-state index in [0.717, 1.165) is 34.0 Å². The van der Waals surface area contributed by atoms with E-state index in [0.29, 0.717) is 12.2 Å². The zero-order chi connectivity index (χ0) is 20.7. The summed E-state index contributed by atoms with van der Waals surface area (Å²) in [5.74, 6) is 0.263. The predicted octanol–water partition coefficient (Wildman–Crippen LogP) is 2.40. The molecule has 1 aromatic carbocycles. The second-order valence-electron chi connectivity index (χ2n) is 7.05. The van der Waals surface area contributed by atoms with Gasteiger partial charge in [-0.2, -0.15) is 0 Å². The highest BCUT2D eigenvalue weighted by Gasteiger charge is 2.22. The van der Waals surface area contributed by atoms with Crippen LogP contribution in [0.25, 0.3) is 22.6 Å². The van der Waals surface area contributed by atoms with Crippen LogP contribution in [0.3, 0.4) is 0 Å². The fourth-order valence-electron chi connectivity index (χ4n) is 3.70. The second kappa shape index (κ2) is 7.00. The number of hydrogen-bond acceptors (Lipinski definition) is 5. The molecule has 4 heterocycles. The van der Waals surface area contributed by atoms with Crippen LogP contribution in [0.4, 0.5) is 5.69 Å². The molecule has 0 unspecified atom stereocenters. The maximum Gasteiger partial charge on any atom is 0.265 e. The van der Waals surface area contributed by atoms with Gasteiger partial charge in [-0.25, -0.2) is 4.98 Å². The highest BCUT2D eigenvalue weighted by molar-refractivity contribution is 6.00. The van der Waals surface area contributed by atoms with Gasteiger partial charge < -0.3 is 15.2 Å². The summed E-state index contributed by atoms with van der Waals surface area (Å²) in [6.45, 7) is 0.506. The molecule has 148 valence electrons. The first kappa shape index (κ1) is 17.9. The molecular formula is C22H19N7O.